The summed E-state index contributed by atoms with van der Waals surface area (Å²) in [5.74, 6) is 0. The van der Waals surface area contributed by atoms with Gasteiger partial charge in [0.05, 0.1) is 0 Å². The fraction of sp³-hybridized carbons (Fsp3) is 0.429. The van der Waals surface area contributed by atoms with Crippen LogP contribution in [0.25, 0.3) is 0 Å². The summed E-state index contributed by atoms with van der Waals surface area (Å²) < 4.78 is 0. The predicted octanol–water partition coefficient (Wildman–Crippen LogP) is -1.82. The van der Waals surface area contributed by atoms with Crippen molar-refractivity contribution in [2.75, 3.05) is 0 Å². The van der Waals surface area contributed by atoms with Crippen LogP contribution in [-0.4, -0.2) is 0 Å². The Morgan fingerprint density at radius 1 is 1.18 bits per heavy atom. The Balaban J connectivity index is -0.000000216. The third-order valence-electron chi connectivity index (χ3n) is 2.17. The van der Waals surface area contributed by atoms with Crippen molar-refractivity contribution in [1.29, 1.82) is 0 Å². The molecule has 0 radical (unpaired) electrons. The summed E-state index contributed by atoms with van der Waals surface area (Å²) in [6, 6.07) is 0. The molecule has 0 atom stereocenters. The first kappa shape index (κ1) is 22.6. The molecule has 94 valence electrons. The van der Waals surface area contributed by atoms with Gasteiger partial charge in [-0.2, -0.15) is 12.2 Å². The number of rotatable bonds is 3. The topological polar surface area (TPSA) is 0 Å². The zero-order valence-electron chi connectivity index (χ0n) is 10.2. The molecule has 0 fully saturated rings. The van der Waals surface area contributed by atoms with Crippen LogP contribution >= 0.6 is 0 Å². The second-order valence-corrected chi connectivity index (χ2v) is 3.44. The van der Waals surface area contributed by atoms with E-state index in [-0.39, 0.29) is 51.0 Å². The van der Waals surface area contributed by atoms with Crippen LogP contribution in [0.15, 0.2) is 36.0 Å². The van der Waals surface area contributed by atoms with Gasteiger partial charge < -0.3 is 24.8 Å². The molecule has 0 aliphatic heterocycles. The van der Waals surface area contributed by atoms with Gasteiger partial charge in [0.1, 0.15) is 0 Å². The normalized spacial score (nSPS) is 13.8. The van der Waals surface area contributed by atoms with E-state index in [1.807, 2.05) is 12.2 Å². The Hall–Kier alpha value is 0.423. The van der Waals surface area contributed by atoms with Gasteiger partial charge in [-0.25, -0.2) is 23.8 Å². The van der Waals surface area contributed by atoms with Gasteiger partial charge in [-0.05, 0) is 0 Å². The van der Waals surface area contributed by atoms with Crippen molar-refractivity contribution in [3.8, 4) is 0 Å². The van der Waals surface area contributed by atoms with Gasteiger partial charge in [0.2, 0.25) is 0 Å². The van der Waals surface area contributed by atoms with Gasteiger partial charge in [-0.1, -0.05) is 26.2 Å². The van der Waals surface area contributed by atoms with Crippen molar-refractivity contribution in [3.63, 3.8) is 0 Å². The van der Waals surface area contributed by atoms with Crippen LogP contribution < -0.4 is 24.8 Å². The van der Waals surface area contributed by atoms with Crippen molar-refractivity contribution >= 4 is 0 Å². The molecule has 0 bridgehead atoms. The average molecular weight is 348 g/mol. The first-order chi connectivity index (χ1) is 6.93. The number of hydrogen-bond donors (Lipinski definition) is 0. The van der Waals surface area contributed by atoms with Gasteiger partial charge in [-0.3, -0.25) is 12.2 Å². The van der Waals surface area contributed by atoms with Crippen LogP contribution in [0.1, 0.15) is 39.0 Å². The van der Waals surface area contributed by atoms with Crippen molar-refractivity contribution in [3.05, 3.63) is 48.1 Å². The van der Waals surface area contributed by atoms with Crippen LogP contribution in [0.5, 0.6) is 0 Å². The maximum Gasteiger partial charge on any atom is 2.00 e. The quantitative estimate of drug-likeness (QED) is 0.527. The molecular formula is C14H18Cl2Zr-2. The fourth-order valence-electron chi connectivity index (χ4n) is 1.33. The van der Waals surface area contributed by atoms with Gasteiger partial charge in [-0.15, -0.1) is 12.8 Å². The standard InChI is InChI=1S/C9H13.C5H5.2ClH.Zr/c1-2-3-6-9-7-4-5-8-9;1-2-4-5-3-1;;;/h7-8H,2-4,6H2,1H3;1-3H,4H2;2*1H;/q2*-1;;;+2/p-2. The second kappa shape index (κ2) is 16.4. The molecule has 0 aromatic rings. The summed E-state index contributed by atoms with van der Waals surface area (Å²) in [7, 11) is 0. The van der Waals surface area contributed by atoms with E-state index in [2.05, 4.69) is 37.3 Å². The molecular weight excluding hydrogens is 330 g/mol. The summed E-state index contributed by atoms with van der Waals surface area (Å²) in [5, 5.41) is 0. The molecule has 0 aromatic heterocycles. The monoisotopic (exact) mass is 346 g/mol. The number of allylic oxidation sites excluding steroid dienone is 8. The molecule has 2 aliphatic rings. The minimum absolute atomic E-state index is 0. The van der Waals surface area contributed by atoms with Crippen molar-refractivity contribution in [2.45, 2.75) is 39.0 Å². The first-order valence-electron chi connectivity index (χ1n) is 5.41. The Labute approximate surface area is 137 Å². The summed E-state index contributed by atoms with van der Waals surface area (Å²) in [5.41, 5.74) is 1.48. The van der Waals surface area contributed by atoms with Crippen LogP contribution in [-0.2, 0) is 26.2 Å². The molecule has 0 spiro atoms. The van der Waals surface area contributed by atoms with Crippen LogP contribution in [0.2, 0.25) is 0 Å². The van der Waals surface area contributed by atoms with Crippen LogP contribution in [0, 0.1) is 12.2 Å². The van der Waals surface area contributed by atoms with E-state index in [1.54, 1.807) is 0 Å². The summed E-state index contributed by atoms with van der Waals surface area (Å²) >= 11 is 0. The van der Waals surface area contributed by atoms with Crippen LogP contribution in [0.3, 0.4) is 0 Å². The summed E-state index contributed by atoms with van der Waals surface area (Å²) in [4.78, 5) is 0. The molecule has 0 nitrogen and oxygen atoms in total. The molecule has 0 saturated heterocycles. The van der Waals surface area contributed by atoms with Gasteiger partial charge in [0, 0.05) is 0 Å². The van der Waals surface area contributed by atoms with E-state index in [0.717, 1.165) is 12.8 Å². The molecule has 0 amide bonds. The molecule has 3 heteroatoms. The van der Waals surface area contributed by atoms with Crippen molar-refractivity contribution < 1.29 is 51.0 Å². The average Bonchev–Trinajstić information content (AvgIpc) is 2.90. The van der Waals surface area contributed by atoms with E-state index in [1.165, 1.54) is 24.8 Å². The molecule has 0 heterocycles. The van der Waals surface area contributed by atoms with Gasteiger partial charge in [0.15, 0.2) is 0 Å². The van der Waals surface area contributed by atoms with Gasteiger partial charge >= 0.3 is 26.2 Å². The molecule has 17 heavy (non-hydrogen) atoms. The van der Waals surface area contributed by atoms with E-state index < -0.39 is 0 Å². The minimum atomic E-state index is 0. The van der Waals surface area contributed by atoms with Crippen molar-refractivity contribution in [1.82, 2.24) is 0 Å². The molecule has 2 rings (SSSR count). The largest absolute Gasteiger partial charge is 2.00 e. The summed E-state index contributed by atoms with van der Waals surface area (Å²) in [6.07, 6.45) is 22.5. The van der Waals surface area contributed by atoms with E-state index >= 15 is 0 Å². The molecule has 0 N–H and O–H groups in total. The zero-order valence-corrected chi connectivity index (χ0v) is 14.1. The molecule has 0 saturated carbocycles. The minimum Gasteiger partial charge on any atom is -1.00 e. The smallest absolute Gasteiger partial charge is 1.00 e. The SMILES string of the molecule is CCCCC1=CC[C-]=C1.[C-]1=CC=CC1.[Cl-].[Cl-].[Zr+2]. The predicted molar refractivity (Wildman–Crippen MR) is 61.6 cm³/mol. The molecule has 0 aromatic carbocycles. The van der Waals surface area contributed by atoms with Crippen molar-refractivity contribution in [2.24, 2.45) is 0 Å². The molecule has 2 aliphatic carbocycles. The Morgan fingerprint density at radius 3 is 2.29 bits per heavy atom. The maximum atomic E-state index is 3.16. The molecule has 0 unspecified atom stereocenters. The number of halogens is 2. The fourth-order valence-corrected chi connectivity index (χ4v) is 1.33. The van der Waals surface area contributed by atoms with Gasteiger partial charge in [0.25, 0.3) is 0 Å². The van der Waals surface area contributed by atoms with E-state index in [0.29, 0.717) is 0 Å². The Bertz CT molecular complexity index is 255. The van der Waals surface area contributed by atoms with Crippen LogP contribution in [0.4, 0.5) is 0 Å². The maximum absolute atomic E-state index is 3.16. The number of unbranched alkanes of at least 4 members (excludes halogenated alkanes) is 1. The third kappa shape index (κ3) is 12.7. The Morgan fingerprint density at radius 2 is 1.94 bits per heavy atom. The van der Waals surface area contributed by atoms with E-state index in [4.69, 9.17) is 0 Å². The first-order valence-corrected chi connectivity index (χ1v) is 5.41. The second-order valence-electron chi connectivity index (χ2n) is 3.44. The zero-order chi connectivity index (χ0) is 10.1. The summed E-state index contributed by atoms with van der Waals surface area (Å²) in [6.45, 7) is 2.23. The third-order valence-corrected chi connectivity index (χ3v) is 2.17. The Kier molecular flexibility index (Phi) is 21.8. The van der Waals surface area contributed by atoms with E-state index in [9.17, 15) is 0 Å². The number of hydrogen-bond acceptors (Lipinski definition) is 0.